The Balaban J connectivity index is 2.43. The molecule has 1 aromatic heterocycles. The lowest BCUT2D eigenvalue weighted by molar-refractivity contribution is 0.349. The first-order valence-corrected chi connectivity index (χ1v) is 6.91. The molecular formula is C17H14O7. The summed E-state index contributed by atoms with van der Waals surface area (Å²) in [7, 11) is 2.74. The molecule has 0 radical (unpaired) electrons. The number of rotatable bonds is 3. The van der Waals surface area contributed by atoms with E-state index in [9.17, 15) is 20.1 Å². The van der Waals surface area contributed by atoms with E-state index in [1.54, 1.807) is 0 Å². The molecular weight excluding hydrogens is 316 g/mol. The van der Waals surface area contributed by atoms with Crippen molar-refractivity contribution in [2.75, 3.05) is 14.2 Å². The van der Waals surface area contributed by atoms with Crippen LogP contribution < -0.4 is 14.9 Å². The summed E-state index contributed by atoms with van der Waals surface area (Å²) in [5.41, 5.74) is -0.494. The fourth-order valence-corrected chi connectivity index (χ4v) is 2.45. The molecule has 3 N–H and O–H groups in total. The van der Waals surface area contributed by atoms with Crippen molar-refractivity contribution in [1.29, 1.82) is 0 Å². The predicted octanol–water partition coefficient (Wildman–Crippen LogP) is 2.59. The number of hydrogen-bond donors (Lipinski definition) is 3. The highest BCUT2D eigenvalue weighted by atomic mass is 16.5. The van der Waals surface area contributed by atoms with Crippen molar-refractivity contribution in [3.8, 4) is 40.1 Å². The summed E-state index contributed by atoms with van der Waals surface area (Å²) < 4.78 is 16.0. The summed E-state index contributed by atoms with van der Waals surface area (Å²) in [4.78, 5) is 12.5. The lowest BCUT2D eigenvalue weighted by Crippen LogP contribution is -2.04. The standard InChI is InChI=1S/C17H14O7/c1-22-11-7-10(19)12-13(20)14(21)15(24-17(12)16(11)23-2)8-3-5-9(18)6-4-8/h3-7,18-19,21H,1-2H3. The summed E-state index contributed by atoms with van der Waals surface area (Å²) >= 11 is 0. The van der Waals surface area contributed by atoms with Crippen molar-refractivity contribution in [3.63, 3.8) is 0 Å². The molecule has 0 aliphatic heterocycles. The number of phenolic OH excluding ortho intramolecular Hbond substituents is 2. The van der Waals surface area contributed by atoms with Gasteiger partial charge in [0.2, 0.25) is 16.9 Å². The third-order valence-electron chi connectivity index (χ3n) is 3.60. The van der Waals surface area contributed by atoms with Gasteiger partial charge in [-0.3, -0.25) is 4.79 Å². The van der Waals surface area contributed by atoms with Gasteiger partial charge in [0.1, 0.15) is 16.9 Å². The van der Waals surface area contributed by atoms with Crippen LogP contribution in [-0.4, -0.2) is 29.5 Å². The first kappa shape index (κ1) is 15.5. The van der Waals surface area contributed by atoms with E-state index in [0.29, 0.717) is 5.56 Å². The van der Waals surface area contributed by atoms with Gasteiger partial charge in [-0.25, -0.2) is 0 Å². The Morgan fingerprint density at radius 3 is 2.25 bits per heavy atom. The van der Waals surface area contributed by atoms with E-state index in [4.69, 9.17) is 13.9 Å². The van der Waals surface area contributed by atoms with E-state index in [-0.39, 0.29) is 34.0 Å². The molecule has 0 amide bonds. The van der Waals surface area contributed by atoms with Crippen LogP contribution in [0.25, 0.3) is 22.3 Å². The fourth-order valence-electron chi connectivity index (χ4n) is 2.45. The smallest absolute Gasteiger partial charge is 0.238 e. The number of methoxy groups -OCH3 is 2. The number of phenols is 2. The molecule has 0 aliphatic rings. The Labute approximate surface area is 135 Å². The molecule has 0 fully saturated rings. The van der Waals surface area contributed by atoms with Gasteiger partial charge in [-0.05, 0) is 24.3 Å². The lowest BCUT2D eigenvalue weighted by atomic mass is 10.1. The van der Waals surface area contributed by atoms with Crippen LogP contribution >= 0.6 is 0 Å². The zero-order valence-electron chi connectivity index (χ0n) is 12.9. The third-order valence-corrected chi connectivity index (χ3v) is 3.60. The SMILES string of the molecule is COc1cc(O)c2c(=O)c(O)c(-c3ccc(O)cc3)oc2c1OC. The van der Waals surface area contributed by atoms with E-state index >= 15 is 0 Å². The Hall–Kier alpha value is -3.35. The quantitative estimate of drug-likeness (QED) is 0.677. The first-order valence-electron chi connectivity index (χ1n) is 6.91. The predicted molar refractivity (Wildman–Crippen MR) is 86.0 cm³/mol. The van der Waals surface area contributed by atoms with Gasteiger partial charge in [0, 0.05) is 11.6 Å². The second-order valence-electron chi connectivity index (χ2n) is 4.99. The Morgan fingerprint density at radius 1 is 1.00 bits per heavy atom. The maximum Gasteiger partial charge on any atom is 0.238 e. The molecule has 3 rings (SSSR count). The van der Waals surface area contributed by atoms with E-state index in [1.807, 2.05) is 0 Å². The number of fused-ring (bicyclic) bond motifs is 1. The number of ether oxygens (including phenoxy) is 2. The highest BCUT2D eigenvalue weighted by Crippen LogP contribution is 2.42. The van der Waals surface area contributed by atoms with Crippen molar-refractivity contribution in [1.82, 2.24) is 0 Å². The average Bonchev–Trinajstić information content (AvgIpc) is 2.58. The monoisotopic (exact) mass is 330 g/mol. The van der Waals surface area contributed by atoms with Crippen molar-refractivity contribution in [3.05, 3.63) is 40.6 Å². The van der Waals surface area contributed by atoms with Crippen molar-refractivity contribution >= 4 is 11.0 Å². The molecule has 3 aromatic rings. The van der Waals surface area contributed by atoms with E-state index in [0.717, 1.165) is 0 Å². The summed E-state index contributed by atoms with van der Waals surface area (Å²) in [6, 6.07) is 6.94. The summed E-state index contributed by atoms with van der Waals surface area (Å²) in [6.07, 6.45) is 0. The molecule has 0 saturated carbocycles. The van der Waals surface area contributed by atoms with Crippen LogP contribution in [0.3, 0.4) is 0 Å². The van der Waals surface area contributed by atoms with Crippen molar-refractivity contribution in [2.24, 2.45) is 0 Å². The molecule has 0 bridgehead atoms. The van der Waals surface area contributed by atoms with Crippen LogP contribution in [-0.2, 0) is 0 Å². The molecule has 0 aliphatic carbocycles. The van der Waals surface area contributed by atoms with Crippen LogP contribution in [0.2, 0.25) is 0 Å². The zero-order valence-corrected chi connectivity index (χ0v) is 12.9. The molecule has 0 atom stereocenters. The van der Waals surface area contributed by atoms with Gasteiger partial charge in [-0.1, -0.05) is 0 Å². The molecule has 0 unspecified atom stereocenters. The van der Waals surface area contributed by atoms with E-state index < -0.39 is 16.9 Å². The van der Waals surface area contributed by atoms with Gasteiger partial charge in [-0.15, -0.1) is 0 Å². The van der Waals surface area contributed by atoms with Crippen molar-refractivity contribution in [2.45, 2.75) is 0 Å². The summed E-state index contributed by atoms with van der Waals surface area (Å²) in [5.74, 6) is -0.855. The molecule has 124 valence electrons. The topological polar surface area (TPSA) is 109 Å². The van der Waals surface area contributed by atoms with Crippen LogP contribution in [0.5, 0.6) is 28.7 Å². The van der Waals surface area contributed by atoms with Crippen LogP contribution in [0.15, 0.2) is 39.5 Å². The summed E-state index contributed by atoms with van der Waals surface area (Å²) in [6.45, 7) is 0. The van der Waals surface area contributed by atoms with Gasteiger partial charge in [0.15, 0.2) is 17.1 Å². The van der Waals surface area contributed by atoms with Crippen molar-refractivity contribution < 1.29 is 29.2 Å². The fraction of sp³-hybridized carbons (Fsp3) is 0.118. The molecule has 7 heteroatoms. The third kappa shape index (κ3) is 2.26. The molecule has 1 heterocycles. The molecule has 0 saturated heterocycles. The zero-order chi connectivity index (χ0) is 17.4. The Morgan fingerprint density at radius 2 is 1.67 bits per heavy atom. The van der Waals surface area contributed by atoms with Gasteiger partial charge in [0.25, 0.3) is 0 Å². The molecule has 24 heavy (non-hydrogen) atoms. The Kier molecular flexibility index (Phi) is 3.69. The normalized spacial score (nSPS) is 10.8. The highest BCUT2D eigenvalue weighted by molar-refractivity contribution is 5.93. The number of aromatic hydroxyl groups is 3. The van der Waals surface area contributed by atoms with Crippen LogP contribution in [0, 0.1) is 0 Å². The average molecular weight is 330 g/mol. The van der Waals surface area contributed by atoms with Gasteiger partial charge in [0.05, 0.1) is 14.2 Å². The van der Waals surface area contributed by atoms with Gasteiger partial charge < -0.3 is 29.2 Å². The molecule has 0 spiro atoms. The minimum Gasteiger partial charge on any atom is -0.508 e. The van der Waals surface area contributed by atoms with Gasteiger partial charge >= 0.3 is 0 Å². The lowest BCUT2D eigenvalue weighted by Gasteiger charge is -2.13. The maximum absolute atomic E-state index is 12.5. The molecule has 2 aromatic carbocycles. The van der Waals surface area contributed by atoms with Gasteiger partial charge in [-0.2, -0.15) is 0 Å². The minimum atomic E-state index is -0.808. The largest absolute Gasteiger partial charge is 0.508 e. The minimum absolute atomic E-state index is 0.0262. The maximum atomic E-state index is 12.5. The second kappa shape index (κ2) is 5.69. The van der Waals surface area contributed by atoms with Crippen LogP contribution in [0.4, 0.5) is 0 Å². The Bertz CT molecular complexity index is 971. The van der Waals surface area contributed by atoms with E-state index in [2.05, 4.69) is 0 Å². The number of benzene rings is 2. The first-order chi connectivity index (χ1) is 11.5. The highest BCUT2D eigenvalue weighted by Gasteiger charge is 2.23. The van der Waals surface area contributed by atoms with Crippen LogP contribution in [0.1, 0.15) is 0 Å². The number of hydrogen-bond acceptors (Lipinski definition) is 7. The van der Waals surface area contributed by atoms with E-state index in [1.165, 1.54) is 44.6 Å². The molecule has 7 nitrogen and oxygen atoms in total. The summed E-state index contributed by atoms with van der Waals surface area (Å²) in [5, 5.41) is 29.4. The second-order valence-corrected chi connectivity index (χ2v) is 4.99.